The number of ketones is 1. The molecular formula is C34H35ClN4O2. The molecule has 1 saturated heterocycles. The highest BCUT2D eigenvalue weighted by atomic mass is 35.5. The average molecular weight is 567 g/mol. The lowest BCUT2D eigenvalue weighted by Gasteiger charge is -2.37. The predicted molar refractivity (Wildman–Crippen MR) is 166 cm³/mol. The molecule has 0 aliphatic carbocycles. The molecule has 6 rings (SSSR count). The number of hydrogen-bond acceptors (Lipinski definition) is 5. The molecule has 3 heterocycles. The molecule has 0 bridgehead atoms. The summed E-state index contributed by atoms with van der Waals surface area (Å²) in [4.78, 5) is 37.9. The second-order valence-electron chi connectivity index (χ2n) is 11.1. The van der Waals surface area contributed by atoms with E-state index in [0.29, 0.717) is 18.5 Å². The van der Waals surface area contributed by atoms with E-state index in [1.807, 2.05) is 65.6 Å². The zero-order valence-corrected chi connectivity index (χ0v) is 24.2. The normalized spacial score (nSPS) is 18.3. The van der Waals surface area contributed by atoms with Gasteiger partial charge in [-0.25, -0.2) is 0 Å². The molecule has 0 aromatic heterocycles. The van der Waals surface area contributed by atoms with Crippen molar-refractivity contribution in [2.75, 3.05) is 42.5 Å². The van der Waals surface area contributed by atoms with Crippen LogP contribution in [0.3, 0.4) is 0 Å². The van der Waals surface area contributed by atoms with Crippen molar-refractivity contribution in [3.8, 4) is 0 Å². The molecule has 3 aromatic carbocycles. The largest absolute Gasteiger partial charge is 0.369 e. The lowest BCUT2D eigenvalue weighted by atomic mass is 9.88. The summed E-state index contributed by atoms with van der Waals surface area (Å²) in [6, 6.07) is 21.8. The van der Waals surface area contributed by atoms with Crippen molar-refractivity contribution in [1.29, 1.82) is 0 Å². The summed E-state index contributed by atoms with van der Waals surface area (Å²) in [5, 5.41) is 0.778. The van der Waals surface area contributed by atoms with E-state index in [1.165, 1.54) is 11.3 Å². The van der Waals surface area contributed by atoms with E-state index >= 15 is 0 Å². The third-order valence-electron chi connectivity index (χ3n) is 8.40. The first-order valence-corrected chi connectivity index (χ1v) is 14.9. The van der Waals surface area contributed by atoms with Crippen LogP contribution < -0.4 is 9.80 Å². The van der Waals surface area contributed by atoms with Crippen LogP contribution in [0.15, 0.2) is 84.0 Å². The van der Waals surface area contributed by atoms with Gasteiger partial charge in [-0.3, -0.25) is 19.5 Å². The highest BCUT2D eigenvalue weighted by Crippen LogP contribution is 2.36. The molecule has 0 spiro atoms. The van der Waals surface area contributed by atoms with Crippen molar-refractivity contribution in [2.24, 2.45) is 10.9 Å². The van der Waals surface area contributed by atoms with Crippen LogP contribution in [0, 0.1) is 12.8 Å². The third kappa shape index (κ3) is 5.85. The Bertz CT molecular complexity index is 1510. The van der Waals surface area contributed by atoms with Crippen LogP contribution in [-0.4, -0.2) is 55.0 Å². The van der Waals surface area contributed by atoms with Crippen molar-refractivity contribution >= 4 is 40.4 Å². The molecule has 3 aliphatic rings. The lowest BCUT2D eigenvalue weighted by molar-refractivity contribution is -0.119. The average Bonchev–Trinajstić information content (AvgIpc) is 3.50. The van der Waals surface area contributed by atoms with Crippen LogP contribution in [0.5, 0.6) is 0 Å². The first kappa shape index (κ1) is 27.4. The van der Waals surface area contributed by atoms with Crippen LogP contribution >= 0.6 is 11.6 Å². The van der Waals surface area contributed by atoms with Gasteiger partial charge in [0.25, 0.3) is 0 Å². The fourth-order valence-corrected chi connectivity index (χ4v) is 6.25. The number of anilines is 2. The Labute approximate surface area is 246 Å². The molecule has 1 atom stereocenters. The maximum Gasteiger partial charge on any atom is 0.240 e. The molecule has 0 radical (unpaired) electrons. The summed E-state index contributed by atoms with van der Waals surface area (Å²) in [5.74, 6) is -0.233. The number of unbranched alkanes of at least 4 members (excludes halogenated alkanes) is 1. The molecule has 7 heteroatoms. The number of nitrogens with zero attached hydrogens (tertiary/aromatic N) is 4. The van der Waals surface area contributed by atoms with E-state index in [1.54, 1.807) is 6.20 Å². The summed E-state index contributed by atoms with van der Waals surface area (Å²) in [6.45, 7) is 7.57. The fraction of sp³-hybridized carbons (Fsp3) is 0.324. The second-order valence-corrected chi connectivity index (χ2v) is 11.6. The van der Waals surface area contributed by atoms with Gasteiger partial charge in [-0.05, 0) is 61.7 Å². The molecule has 3 aliphatic heterocycles. The molecule has 6 nitrogen and oxygen atoms in total. The van der Waals surface area contributed by atoms with E-state index in [-0.39, 0.29) is 17.6 Å². The number of rotatable bonds is 9. The Kier molecular flexibility index (Phi) is 8.04. The molecule has 210 valence electrons. The fourth-order valence-electron chi connectivity index (χ4n) is 6.08. The SMILES string of the molecule is Cc1ccc(Cl)cc1N1CCN(CCCCC(=O)c2ccc3c(c2)N(Cc2ccccc2)C(=O)C2C=CN=C32)CC1. The highest BCUT2D eigenvalue weighted by Gasteiger charge is 2.38. The maximum atomic E-state index is 13.4. The van der Waals surface area contributed by atoms with Gasteiger partial charge in [0.2, 0.25) is 5.91 Å². The lowest BCUT2D eigenvalue weighted by Crippen LogP contribution is -2.46. The molecule has 3 aromatic rings. The van der Waals surface area contributed by atoms with Gasteiger partial charge in [-0.2, -0.15) is 0 Å². The molecule has 41 heavy (non-hydrogen) atoms. The van der Waals surface area contributed by atoms with Gasteiger partial charge in [0.05, 0.1) is 17.9 Å². The number of carbonyl (C=O) groups excluding carboxylic acids is 2. The summed E-state index contributed by atoms with van der Waals surface area (Å²) >= 11 is 6.23. The van der Waals surface area contributed by atoms with Crippen molar-refractivity contribution in [3.05, 3.63) is 106 Å². The Morgan fingerprint density at radius 2 is 1.76 bits per heavy atom. The third-order valence-corrected chi connectivity index (χ3v) is 8.64. The smallest absolute Gasteiger partial charge is 0.240 e. The molecular weight excluding hydrogens is 532 g/mol. The molecule has 1 amide bonds. The number of aliphatic imine (C=N–C) groups is 1. The van der Waals surface area contributed by atoms with Gasteiger partial charge < -0.3 is 9.80 Å². The summed E-state index contributed by atoms with van der Waals surface area (Å²) in [6.07, 6.45) is 5.89. The Hall–Kier alpha value is -3.74. The van der Waals surface area contributed by atoms with Gasteiger partial charge in [0.1, 0.15) is 5.92 Å². The van der Waals surface area contributed by atoms with Crippen molar-refractivity contribution in [1.82, 2.24) is 4.90 Å². The number of halogens is 1. The monoisotopic (exact) mass is 566 g/mol. The van der Waals surface area contributed by atoms with Crippen LogP contribution in [0.2, 0.25) is 5.02 Å². The van der Waals surface area contributed by atoms with Crippen molar-refractivity contribution in [2.45, 2.75) is 32.7 Å². The summed E-state index contributed by atoms with van der Waals surface area (Å²) < 4.78 is 0. The molecule has 0 N–H and O–H groups in total. The topological polar surface area (TPSA) is 56.2 Å². The van der Waals surface area contributed by atoms with E-state index in [0.717, 1.165) is 73.1 Å². The Morgan fingerprint density at radius 3 is 2.56 bits per heavy atom. The highest BCUT2D eigenvalue weighted by molar-refractivity contribution is 6.31. The Balaban J connectivity index is 1.05. The second kappa shape index (κ2) is 12.0. The number of piperazine rings is 1. The zero-order chi connectivity index (χ0) is 28.3. The van der Waals surface area contributed by atoms with E-state index < -0.39 is 0 Å². The van der Waals surface area contributed by atoms with E-state index in [4.69, 9.17) is 11.6 Å². The van der Waals surface area contributed by atoms with Crippen LogP contribution in [0.1, 0.15) is 46.3 Å². The van der Waals surface area contributed by atoms with Crippen molar-refractivity contribution < 1.29 is 9.59 Å². The molecule has 1 fully saturated rings. The van der Waals surface area contributed by atoms with E-state index in [2.05, 4.69) is 33.8 Å². The molecule has 0 saturated carbocycles. The molecule has 1 unspecified atom stereocenters. The number of carbonyl (C=O) groups is 2. The summed E-state index contributed by atoms with van der Waals surface area (Å²) in [5.41, 5.74) is 6.67. The number of hydrogen-bond donors (Lipinski definition) is 0. The predicted octanol–water partition coefficient (Wildman–Crippen LogP) is 6.30. The quantitative estimate of drug-likeness (QED) is 0.225. The number of fused-ring (bicyclic) bond motifs is 3. The van der Waals surface area contributed by atoms with E-state index in [9.17, 15) is 9.59 Å². The van der Waals surface area contributed by atoms with Crippen LogP contribution in [-0.2, 0) is 11.3 Å². The number of benzene rings is 3. The number of amides is 1. The first-order chi connectivity index (χ1) is 20.0. The zero-order valence-electron chi connectivity index (χ0n) is 23.4. The van der Waals surface area contributed by atoms with Crippen molar-refractivity contribution in [3.63, 3.8) is 0 Å². The van der Waals surface area contributed by atoms with Gasteiger partial charge in [-0.15, -0.1) is 0 Å². The minimum Gasteiger partial charge on any atom is -0.369 e. The number of aryl methyl sites for hydroxylation is 1. The van der Waals surface area contributed by atoms with Gasteiger partial charge in [0, 0.05) is 60.6 Å². The van der Waals surface area contributed by atoms with Crippen LogP contribution in [0.4, 0.5) is 11.4 Å². The summed E-state index contributed by atoms with van der Waals surface area (Å²) in [7, 11) is 0. The maximum absolute atomic E-state index is 13.4. The number of Topliss-reactive ketones (excluding diaryl/α,β-unsaturated/α-hetero) is 1. The minimum atomic E-state index is -0.357. The van der Waals surface area contributed by atoms with Gasteiger partial charge in [0.15, 0.2) is 5.78 Å². The minimum absolute atomic E-state index is 0.00377. The first-order valence-electron chi connectivity index (χ1n) is 14.5. The standard InChI is InChI=1S/C34H35ClN4O2/c1-24-10-12-27(35)22-30(24)38-19-17-37(18-20-38)16-6-5-9-32(40)26-11-13-28-31(21-26)39(23-25-7-3-2-4-8-25)34(41)29-14-15-36-33(28)29/h2-4,7-8,10-15,21-22,29H,5-6,9,16-20,23H2,1H3. The van der Waals surface area contributed by atoms with Gasteiger partial charge >= 0.3 is 0 Å². The van der Waals surface area contributed by atoms with Crippen LogP contribution in [0.25, 0.3) is 0 Å². The Morgan fingerprint density at radius 1 is 0.951 bits per heavy atom. The van der Waals surface area contributed by atoms with Gasteiger partial charge in [-0.1, -0.05) is 60.1 Å².